The van der Waals surface area contributed by atoms with E-state index >= 15 is 0 Å². The number of Topliss-reactive ketones (excluding diaryl/α,β-unsaturated/α-hetero) is 1. The Kier molecular flexibility index (Phi) is 2.93. The highest BCUT2D eigenvalue weighted by molar-refractivity contribution is 7.09. The molecule has 1 unspecified atom stereocenters. The van der Waals surface area contributed by atoms with Gasteiger partial charge in [0.25, 0.3) is 0 Å². The summed E-state index contributed by atoms with van der Waals surface area (Å²) < 4.78 is 0. The van der Waals surface area contributed by atoms with Crippen LogP contribution >= 0.6 is 11.3 Å². The van der Waals surface area contributed by atoms with Gasteiger partial charge in [0.2, 0.25) is 0 Å². The summed E-state index contributed by atoms with van der Waals surface area (Å²) in [5.41, 5.74) is 1.78. The largest absolute Gasteiger partial charge is 0.316 e. The highest BCUT2D eigenvalue weighted by Crippen LogP contribution is 2.19. The molecular weight excluding hydrogens is 196 g/mol. The second kappa shape index (κ2) is 4.19. The Bertz CT molecular complexity index is 306. The average molecular weight is 210 g/mol. The minimum atomic E-state index is 0.193. The van der Waals surface area contributed by atoms with Gasteiger partial charge >= 0.3 is 0 Å². The number of nitrogens with one attached hydrogen (secondary N) is 1. The Morgan fingerprint density at radius 1 is 1.79 bits per heavy atom. The summed E-state index contributed by atoms with van der Waals surface area (Å²) in [6.45, 7) is 4.03. The molecule has 0 amide bonds. The molecule has 1 atom stereocenters. The number of rotatable bonds is 4. The predicted octanol–water partition coefficient (Wildman–Crippen LogP) is 1.11. The van der Waals surface area contributed by atoms with Crippen molar-refractivity contribution in [3.05, 3.63) is 16.6 Å². The van der Waals surface area contributed by atoms with Crippen LogP contribution in [0.3, 0.4) is 0 Å². The quantitative estimate of drug-likeness (QED) is 0.809. The molecule has 0 spiro atoms. The molecule has 0 saturated carbocycles. The normalized spacial score (nSPS) is 18.9. The molecule has 1 aliphatic heterocycles. The van der Waals surface area contributed by atoms with Gasteiger partial charge in [0.05, 0.1) is 5.51 Å². The lowest BCUT2D eigenvalue weighted by Gasteiger charge is -2.31. The number of ketones is 1. The molecule has 0 bridgehead atoms. The zero-order chi connectivity index (χ0) is 9.97. The SMILES string of the molecule is CC(C(=O)Cc1cncs1)C1CNC1. The van der Waals surface area contributed by atoms with Crippen LogP contribution in [0.4, 0.5) is 0 Å². The summed E-state index contributed by atoms with van der Waals surface area (Å²) in [5.74, 6) is 1.09. The summed E-state index contributed by atoms with van der Waals surface area (Å²) in [6.07, 6.45) is 2.34. The van der Waals surface area contributed by atoms with Crippen LogP contribution in [0.5, 0.6) is 0 Å². The zero-order valence-corrected chi connectivity index (χ0v) is 9.01. The summed E-state index contributed by atoms with van der Waals surface area (Å²) in [5, 5.41) is 3.19. The molecule has 0 aromatic carbocycles. The first-order chi connectivity index (χ1) is 6.77. The number of hydrogen-bond donors (Lipinski definition) is 1. The molecule has 0 aliphatic carbocycles. The van der Waals surface area contributed by atoms with Gasteiger partial charge in [-0.15, -0.1) is 11.3 Å². The summed E-state index contributed by atoms with van der Waals surface area (Å²) in [7, 11) is 0. The van der Waals surface area contributed by atoms with Crippen LogP contribution in [0.15, 0.2) is 11.7 Å². The van der Waals surface area contributed by atoms with Crippen LogP contribution in [0.1, 0.15) is 11.8 Å². The van der Waals surface area contributed by atoms with Gasteiger partial charge in [-0.05, 0) is 19.0 Å². The lowest BCUT2D eigenvalue weighted by molar-refractivity contribution is -0.123. The van der Waals surface area contributed by atoms with Crippen molar-refractivity contribution >= 4 is 17.1 Å². The van der Waals surface area contributed by atoms with Crippen LogP contribution in [-0.2, 0) is 11.2 Å². The minimum absolute atomic E-state index is 0.193. The van der Waals surface area contributed by atoms with Gasteiger partial charge < -0.3 is 5.32 Å². The van der Waals surface area contributed by atoms with Gasteiger partial charge in [0.15, 0.2) is 0 Å². The maximum Gasteiger partial charge on any atom is 0.141 e. The number of carbonyl (C=O) groups is 1. The third kappa shape index (κ3) is 2.01. The van der Waals surface area contributed by atoms with Crippen molar-refractivity contribution < 1.29 is 4.79 Å². The highest BCUT2D eigenvalue weighted by Gasteiger charge is 2.28. The summed E-state index contributed by atoms with van der Waals surface area (Å²) in [6, 6.07) is 0. The molecule has 1 aliphatic rings. The van der Waals surface area contributed by atoms with Gasteiger partial charge in [0, 0.05) is 23.4 Å². The second-order valence-electron chi connectivity index (χ2n) is 3.82. The molecule has 1 saturated heterocycles. The Hall–Kier alpha value is -0.740. The van der Waals surface area contributed by atoms with Crippen LogP contribution in [0.2, 0.25) is 0 Å². The van der Waals surface area contributed by atoms with Gasteiger partial charge in [-0.3, -0.25) is 9.78 Å². The highest BCUT2D eigenvalue weighted by atomic mass is 32.1. The van der Waals surface area contributed by atoms with E-state index in [1.54, 1.807) is 23.0 Å². The molecule has 0 radical (unpaired) electrons. The monoisotopic (exact) mass is 210 g/mol. The molecule has 1 N–H and O–H groups in total. The van der Waals surface area contributed by atoms with Gasteiger partial charge in [-0.2, -0.15) is 0 Å². The van der Waals surface area contributed by atoms with E-state index in [4.69, 9.17) is 0 Å². The van der Waals surface area contributed by atoms with Crippen LogP contribution < -0.4 is 5.32 Å². The van der Waals surface area contributed by atoms with E-state index in [1.165, 1.54) is 0 Å². The summed E-state index contributed by atoms with van der Waals surface area (Å²) >= 11 is 1.56. The van der Waals surface area contributed by atoms with Crippen molar-refractivity contribution in [2.45, 2.75) is 13.3 Å². The predicted molar refractivity (Wildman–Crippen MR) is 56.3 cm³/mol. The van der Waals surface area contributed by atoms with E-state index in [0.717, 1.165) is 18.0 Å². The average Bonchev–Trinajstić information content (AvgIpc) is 2.53. The summed E-state index contributed by atoms with van der Waals surface area (Å²) in [4.78, 5) is 16.8. The fraction of sp³-hybridized carbons (Fsp3) is 0.600. The molecule has 4 heteroatoms. The van der Waals surface area contributed by atoms with Crippen molar-refractivity contribution in [3.63, 3.8) is 0 Å². The smallest absolute Gasteiger partial charge is 0.141 e. The van der Waals surface area contributed by atoms with Gasteiger partial charge in [-0.1, -0.05) is 6.92 Å². The Morgan fingerprint density at radius 3 is 3.07 bits per heavy atom. The second-order valence-corrected chi connectivity index (χ2v) is 4.79. The van der Waals surface area contributed by atoms with Crippen molar-refractivity contribution in [2.75, 3.05) is 13.1 Å². The number of hydrogen-bond acceptors (Lipinski definition) is 4. The molecule has 76 valence electrons. The molecular formula is C10H14N2OS. The lowest BCUT2D eigenvalue weighted by atomic mass is 9.85. The van der Waals surface area contributed by atoms with Crippen LogP contribution in [0, 0.1) is 11.8 Å². The van der Waals surface area contributed by atoms with Crippen LogP contribution in [-0.4, -0.2) is 23.9 Å². The van der Waals surface area contributed by atoms with Crippen molar-refractivity contribution in [1.29, 1.82) is 0 Å². The molecule has 2 heterocycles. The number of thiazole rings is 1. The number of aromatic nitrogens is 1. The third-order valence-electron chi connectivity index (χ3n) is 2.86. The van der Waals surface area contributed by atoms with E-state index in [2.05, 4.69) is 10.3 Å². The molecule has 2 rings (SSSR count). The zero-order valence-electron chi connectivity index (χ0n) is 8.19. The lowest BCUT2D eigenvalue weighted by Crippen LogP contribution is -2.47. The van der Waals surface area contributed by atoms with E-state index in [9.17, 15) is 4.79 Å². The molecule has 14 heavy (non-hydrogen) atoms. The van der Waals surface area contributed by atoms with Crippen molar-refractivity contribution in [1.82, 2.24) is 10.3 Å². The number of nitrogens with zero attached hydrogens (tertiary/aromatic N) is 1. The first-order valence-electron chi connectivity index (χ1n) is 4.88. The molecule has 1 aromatic heterocycles. The third-order valence-corrected chi connectivity index (χ3v) is 3.64. The standard InChI is InChI=1S/C10H14N2OS/c1-7(8-3-11-4-8)10(13)2-9-5-12-6-14-9/h5-8,11H,2-4H2,1H3. The van der Waals surface area contributed by atoms with Gasteiger partial charge in [-0.25, -0.2) is 0 Å². The fourth-order valence-corrected chi connectivity index (χ4v) is 2.19. The van der Waals surface area contributed by atoms with Gasteiger partial charge in [0.1, 0.15) is 5.78 Å². The van der Waals surface area contributed by atoms with Crippen molar-refractivity contribution in [3.8, 4) is 0 Å². The first kappa shape index (κ1) is 9.80. The Labute approximate surface area is 87.6 Å². The van der Waals surface area contributed by atoms with Crippen LogP contribution in [0.25, 0.3) is 0 Å². The fourth-order valence-electron chi connectivity index (χ4n) is 1.59. The Balaban J connectivity index is 1.88. The molecule has 3 nitrogen and oxygen atoms in total. The van der Waals surface area contributed by atoms with E-state index < -0.39 is 0 Å². The minimum Gasteiger partial charge on any atom is -0.316 e. The van der Waals surface area contributed by atoms with E-state index in [1.807, 2.05) is 6.92 Å². The first-order valence-corrected chi connectivity index (χ1v) is 5.76. The maximum absolute atomic E-state index is 11.8. The van der Waals surface area contributed by atoms with E-state index in [0.29, 0.717) is 18.1 Å². The van der Waals surface area contributed by atoms with E-state index in [-0.39, 0.29) is 5.92 Å². The number of carbonyl (C=O) groups excluding carboxylic acids is 1. The van der Waals surface area contributed by atoms with Crippen molar-refractivity contribution in [2.24, 2.45) is 11.8 Å². The maximum atomic E-state index is 11.8. The molecule has 1 aromatic rings. The topological polar surface area (TPSA) is 42.0 Å². The Morgan fingerprint density at radius 2 is 2.57 bits per heavy atom. The molecule has 1 fully saturated rings.